The van der Waals surface area contributed by atoms with Gasteiger partial charge in [-0.1, -0.05) is 140 Å². The minimum atomic E-state index is -0.388. The van der Waals surface area contributed by atoms with E-state index in [9.17, 15) is 0 Å². The molecular weight excluding hydrogens is 556 g/mol. The van der Waals surface area contributed by atoms with Crippen molar-refractivity contribution in [3.8, 4) is 56.0 Å². The van der Waals surface area contributed by atoms with Gasteiger partial charge in [-0.15, -0.1) is 0 Å². The van der Waals surface area contributed by atoms with Gasteiger partial charge >= 0.3 is 0 Å². The molecule has 1 atom stereocenters. The van der Waals surface area contributed by atoms with Crippen LogP contribution in [0.2, 0.25) is 0 Å². The molecule has 46 heavy (non-hydrogen) atoms. The fraction of sp³-hybridized carbons (Fsp3) is 0.0222. The van der Waals surface area contributed by atoms with Crippen molar-refractivity contribution in [3.05, 3.63) is 180 Å². The van der Waals surface area contributed by atoms with Crippen molar-refractivity contribution in [2.45, 2.75) is 5.41 Å². The highest BCUT2D eigenvalue weighted by atomic mass is 16.5. The zero-order valence-electron chi connectivity index (χ0n) is 24.9. The Kier molecular flexibility index (Phi) is 4.57. The Bertz CT molecular complexity index is 2620. The number of ether oxygens (including phenoxy) is 1. The molecule has 0 saturated carbocycles. The second-order valence-electron chi connectivity index (χ2n) is 12.8. The predicted octanol–water partition coefficient (Wildman–Crippen LogP) is 11.8. The summed E-state index contributed by atoms with van der Waals surface area (Å²) in [5.41, 5.74) is 15.2. The van der Waals surface area contributed by atoms with Gasteiger partial charge in [-0.2, -0.15) is 0 Å². The number of rotatable bonds is 1. The van der Waals surface area contributed by atoms with E-state index in [4.69, 9.17) is 4.74 Å². The molecule has 1 spiro atoms. The first kappa shape index (κ1) is 24.4. The van der Waals surface area contributed by atoms with Crippen molar-refractivity contribution in [2.75, 3.05) is 0 Å². The predicted molar refractivity (Wildman–Crippen MR) is 189 cm³/mol. The van der Waals surface area contributed by atoms with Gasteiger partial charge in [0.1, 0.15) is 11.5 Å². The maximum atomic E-state index is 6.56. The molecule has 0 amide bonds. The third-order valence-corrected chi connectivity index (χ3v) is 10.7. The van der Waals surface area contributed by atoms with Gasteiger partial charge in [0, 0.05) is 10.9 Å². The van der Waals surface area contributed by atoms with E-state index in [1.165, 1.54) is 82.7 Å². The van der Waals surface area contributed by atoms with Gasteiger partial charge in [-0.05, 0) is 95.6 Å². The fourth-order valence-electron chi connectivity index (χ4n) is 8.94. The molecule has 11 rings (SSSR count). The third-order valence-electron chi connectivity index (χ3n) is 10.7. The topological polar surface area (TPSA) is 9.23 Å². The Balaban J connectivity index is 1.22. The van der Waals surface area contributed by atoms with Gasteiger partial charge in [0.2, 0.25) is 0 Å². The molecule has 0 bridgehead atoms. The molecule has 8 aromatic rings. The summed E-state index contributed by atoms with van der Waals surface area (Å²) >= 11 is 0. The summed E-state index contributed by atoms with van der Waals surface area (Å²) in [6.07, 6.45) is 0. The lowest BCUT2D eigenvalue weighted by atomic mass is 9.69. The van der Waals surface area contributed by atoms with Crippen LogP contribution in [0.25, 0.3) is 66.1 Å². The quantitative estimate of drug-likeness (QED) is 0.187. The van der Waals surface area contributed by atoms with Gasteiger partial charge in [0.15, 0.2) is 0 Å². The molecule has 212 valence electrons. The monoisotopic (exact) mass is 582 g/mol. The standard InChI is InChI=1S/C45H26O/c1-2-13-31-27(10-1)22-24-34-32-14-3-5-18-37(32)45(44(31)34)38-19-6-4-15-33(38)36-26-29(23-25-39(36)45)30-16-9-21-41-43(30)35-17-7-11-28-12-8-20-40(46-41)42(28)35/h1-26H. The van der Waals surface area contributed by atoms with E-state index in [1.54, 1.807) is 0 Å². The van der Waals surface area contributed by atoms with Crippen LogP contribution < -0.4 is 4.74 Å². The highest BCUT2D eigenvalue weighted by Gasteiger charge is 2.52. The van der Waals surface area contributed by atoms with Gasteiger partial charge in [0.25, 0.3) is 0 Å². The first-order valence-electron chi connectivity index (χ1n) is 16.0. The van der Waals surface area contributed by atoms with Crippen molar-refractivity contribution in [2.24, 2.45) is 0 Å². The maximum absolute atomic E-state index is 6.56. The van der Waals surface area contributed by atoms with Crippen molar-refractivity contribution >= 4 is 21.5 Å². The summed E-state index contributed by atoms with van der Waals surface area (Å²) in [7, 11) is 0. The minimum Gasteiger partial charge on any atom is -0.456 e. The zero-order chi connectivity index (χ0) is 30.0. The molecule has 0 radical (unpaired) electrons. The van der Waals surface area contributed by atoms with Crippen molar-refractivity contribution in [1.82, 2.24) is 0 Å². The van der Waals surface area contributed by atoms with E-state index < -0.39 is 0 Å². The first-order chi connectivity index (χ1) is 22.8. The molecule has 0 N–H and O–H groups in total. The molecule has 2 aliphatic carbocycles. The Morgan fingerprint density at radius 1 is 0.391 bits per heavy atom. The van der Waals surface area contributed by atoms with Crippen LogP contribution in [-0.2, 0) is 5.41 Å². The molecule has 0 aromatic heterocycles. The first-order valence-corrected chi connectivity index (χ1v) is 16.0. The van der Waals surface area contributed by atoms with Crippen LogP contribution >= 0.6 is 0 Å². The number of fused-ring (bicyclic) bond motifs is 14. The molecule has 3 aliphatic rings. The highest BCUT2D eigenvalue weighted by molar-refractivity contribution is 6.08. The molecule has 1 unspecified atom stereocenters. The zero-order valence-corrected chi connectivity index (χ0v) is 24.9. The van der Waals surface area contributed by atoms with Crippen molar-refractivity contribution in [1.29, 1.82) is 0 Å². The van der Waals surface area contributed by atoms with E-state index in [0.717, 1.165) is 17.1 Å². The molecule has 8 aromatic carbocycles. The van der Waals surface area contributed by atoms with Gasteiger partial charge in [-0.25, -0.2) is 0 Å². The Morgan fingerprint density at radius 2 is 1.02 bits per heavy atom. The number of benzene rings is 8. The number of hydrogen-bond donors (Lipinski definition) is 0. The van der Waals surface area contributed by atoms with E-state index in [0.29, 0.717) is 0 Å². The normalized spacial score (nSPS) is 16.1. The average Bonchev–Trinajstić information content (AvgIpc) is 3.59. The molecular formula is C45H26O. The van der Waals surface area contributed by atoms with E-state index in [1.807, 2.05) is 0 Å². The molecule has 1 nitrogen and oxygen atoms in total. The van der Waals surface area contributed by atoms with E-state index >= 15 is 0 Å². The summed E-state index contributed by atoms with van der Waals surface area (Å²) in [4.78, 5) is 0. The molecule has 1 heteroatoms. The molecule has 1 heterocycles. The average molecular weight is 583 g/mol. The largest absolute Gasteiger partial charge is 0.456 e. The Labute approximate surface area is 267 Å². The summed E-state index contributed by atoms with van der Waals surface area (Å²) in [6, 6.07) is 58.2. The Morgan fingerprint density at radius 3 is 1.89 bits per heavy atom. The van der Waals surface area contributed by atoms with E-state index in [2.05, 4.69) is 158 Å². The Hall–Kier alpha value is -5.92. The van der Waals surface area contributed by atoms with Crippen LogP contribution in [-0.4, -0.2) is 0 Å². The van der Waals surface area contributed by atoms with Gasteiger partial charge in [-0.3, -0.25) is 0 Å². The van der Waals surface area contributed by atoms with Crippen LogP contribution in [0.1, 0.15) is 22.3 Å². The molecule has 1 aliphatic heterocycles. The molecule has 0 fully saturated rings. The summed E-state index contributed by atoms with van der Waals surface area (Å²) in [6.45, 7) is 0. The number of hydrogen-bond acceptors (Lipinski definition) is 1. The van der Waals surface area contributed by atoms with Crippen LogP contribution in [0.5, 0.6) is 11.5 Å². The van der Waals surface area contributed by atoms with Crippen LogP contribution in [0.15, 0.2) is 158 Å². The summed E-state index contributed by atoms with van der Waals surface area (Å²) in [5.74, 6) is 1.83. The molecule has 0 saturated heterocycles. The van der Waals surface area contributed by atoms with Crippen LogP contribution in [0.4, 0.5) is 0 Å². The SMILES string of the molecule is c1ccc2c(c1)-c1cc(-c3cccc4c3-c3cccc5cccc(c35)O4)ccc1C21c2ccccc2-c2ccc3ccccc3c21. The fourth-order valence-corrected chi connectivity index (χ4v) is 8.94. The van der Waals surface area contributed by atoms with Crippen LogP contribution in [0.3, 0.4) is 0 Å². The van der Waals surface area contributed by atoms with Crippen molar-refractivity contribution in [3.63, 3.8) is 0 Å². The second-order valence-corrected chi connectivity index (χ2v) is 12.8. The second kappa shape index (κ2) is 8.62. The summed E-state index contributed by atoms with van der Waals surface area (Å²) in [5, 5.41) is 4.98. The van der Waals surface area contributed by atoms with Crippen molar-refractivity contribution < 1.29 is 4.74 Å². The van der Waals surface area contributed by atoms with Gasteiger partial charge in [0.05, 0.1) is 5.41 Å². The summed E-state index contributed by atoms with van der Waals surface area (Å²) < 4.78 is 6.56. The minimum absolute atomic E-state index is 0.388. The maximum Gasteiger partial charge on any atom is 0.135 e. The highest BCUT2D eigenvalue weighted by Crippen LogP contribution is 2.64. The van der Waals surface area contributed by atoms with E-state index in [-0.39, 0.29) is 5.41 Å². The lowest BCUT2D eigenvalue weighted by molar-refractivity contribution is 0.487. The smallest absolute Gasteiger partial charge is 0.135 e. The lowest BCUT2D eigenvalue weighted by Crippen LogP contribution is -2.26. The third kappa shape index (κ3) is 2.87. The van der Waals surface area contributed by atoms with Crippen LogP contribution in [0, 0.1) is 0 Å². The van der Waals surface area contributed by atoms with Gasteiger partial charge < -0.3 is 4.74 Å². The lowest BCUT2D eigenvalue weighted by Gasteiger charge is -2.31.